The van der Waals surface area contributed by atoms with E-state index in [1.165, 1.54) is 10.8 Å². The smallest absolute Gasteiger partial charge is 0.354 e. The molecule has 0 unspecified atom stereocenters. The monoisotopic (exact) mass is 244 g/mol. The maximum absolute atomic E-state index is 11.8. The molecule has 5 nitrogen and oxygen atoms in total. The standard InChI is InChI=1S/C13H12N2O3/c1-9-4-3-7-15(12(9)16)8-10-5-2-6-14-11(10)13(17)18/h2-7H,8H2,1H3,(H,17,18). The predicted octanol–water partition coefficient (Wildman–Crippen LogP) is 1.30. The summed E-state index contributed by atoms with van der Waals surface area (Å²) in [5.74, 6) is -1.09. The van der Waals surface area contributed by atoms with Crippen LogP contribution in [0.1, 0.15) is 21.6 Å². The molecule has 2 rings (SSSR count). The molecule has 0 saturated heterocycles. The number of hydrogen-bond donors (Lipinski definition) is 1. The highest BCUT2D eigenvalue weighted by atomic mass is 16.4. The van der Waals surface area contributed by atoms with Gasteiger partial charge in [0.2, 0.25) is 0 Å². The molecule has 2 aromatic rings. The van der Waals surface area contributed by atoms with E-state index in [0.717, 1.165) is 0 Å². The highest BCUT2D eigenvalue weighted by Crippen LogP contribution is 2.07. The van der Waals surface area contributed by atoms with Crippen LogP contribution in [0.5, 0.6) is 0 Å². The summed E-state index contributed by atoms with van der Waals surface area (Å²) in [4.78, 5) is 26.7. The van der Waals surface area contributed by atoms with Gasteiger partial charge >= 0.3 is 5.97 Å². The fourth-order valence-electron chi connectivity index (χ4n) is 1.72. The Hall–Kier alpha value is -2.43. The third-order valence-corrected chi connectivity index (χ3v) is 2.64. The second-order valence-electron chi connectivity index (χ2n) is 3.94. The van der Waals surface area contributed by atoms with Gasteiger partial charge in [-0.25, -0.2) is 9.78 Å². The van der Waals surface area contributed by atoms with Crippen molar-refractivity contribution in [3.05, 3.63) is 63.8 Å². The summed E-state index contributed by atoms with van der Waals surface area (Å²) in [6.07, 6.45) is 3.06. The highest BCUT2D eigenvalue weighted by Gasteiger charge is 2.11. The van der Waals surface area contributed by atoms with Crippen LogP contribution in [0.3, 0.4) is 0 Å². The van der Waals surface area contributed by atoms with E-state index < -0.39 is 5.97 Å². The largest absolute Gasteiger partial charge is 0.477 e. The second kappa shape index (κ2) is 4.83. The van der Waals surface area contributed by atoms with Crippen LogP contribution in [-0.4, -0.2) is 20.6 Å². The number of carbonyl (C=O) groups is 1. The number of nitrogens with zero attached hydrogens (tertiary/aromatic N) is 2. The van der Waals surface area contributed by atoms with Gasteiger partial charge in [0.1, 0.15) is 0 Å². The summed E-state index contributed by atoms with van der Waals surface area (Å²) >= 11 is 0. The van der Waals surface area contributed by atoms with Crippen molar-refractivity contribution in [1.29, 1.82) is 0 Å². The minimum Gasteiger partial charge on any atom is -0.477 e. The van der Waals surface area contributed by atoms with Gasteiger partial charge in [-0.1, -0.05) is 12.1 Å². The zero-order valence-electron chi connectivity index (χ0n) is 9.83. The van der Waals surface area contributed by atoms with E-state index in [0.29, 0.717) is 11.1 Å². The van der Waals surface area contributed by atoms with Crippen LogP contribution in [0.15, 0.2) is 41.5 Å². The van der Waals surface area contributed by atoms with E-state index in [1.807, 2.05) is 0 Å². The average molecular weight is 244 g/mol. The molecule has 0 spiro atoms. The topological polar surface area (TPSA) is 72.2 Å². The predicted molar refractivity (Wildman–Crippen MR) is 65.7 cm³/mol. The Morgan fingerprint density at radius 3 is 2.89 bits per heavy atom. The van der Waals surface area contributed by atoms with Gasteiger partial charge in [-0.05, 0) is 19.1 Å². The molecule has 0 aliphatic rings. The van der Waals surface area contributed by atoms with Crippen molar-refractivity contribution in [3.8, 4) is 0 Å². The van der Waals surface area contributed by atoms with Crippen molar-refractivity contribution in [2.45, 2.75) is 13.5 Å². The first-order valence-electron chi connectivity index (χ1n) is 5.43. The summed E-state index contributed by atoms with van der Waals surface area (Å²) in [7, 11) is 0. The van der Waals surface area contributed by atoms with Gasteiger partial charge < -0.3 is 9.67 Å². The van der Waals surface area contributed by atoms with E-state index in [1.54, 1.807) is 37.4 Å². The number of carboxylic acid groups (broad SMARTS) is 1. The molecule has 0 aromatic carbocycles. The van der Waals surface area contributed by atoms with Crippen molar-refractivity contribution in [2.75, 3.05) is 0 Å². The lowest BCUT2D eigenvalue weighted by atomic mass is 10.2. The molecule has 92 valence electrons. The van der Waals surface area contributed by atoms with Gasteiger partial charge in [-0.2, -0.15) is 0 Å². The number of aryl methyl sites for hydroxylation is 1. The van der Waals surface area contributed by atoms with E-state index in [4.69, 9.17) is 5.11 Å². The molecule has 0 amide bonds. The summed E-state index contributed by atoms with van der Waals surface area (Å²) in [6, 6.07) is 6.79. The number of rotatable bonds is 3. The van der Waals surface area contributed by atoms with Gasteiger partial charge in [0.15, 0.2) is 5.69 Å². The minimum atomic E-state index is -1.09. The molecule has 5 heteroatoms. The fraction of sp³-hybridized carbons (Fsp3) is 0.154. The Bertz CT molecular complexity index is 647. The van der Waals surface area contributed by atoms with Crippen LogP contribution in [0.4, 0.5) is 0 Å². The Kier molecular flexibility index (Phi) is 3.23. The normalized spacial score (nSPS) is 10.3. The molecular formula is C13H12N2O3. The number of hydrogen-bond acceptors (Lipinski definition) is 3. The lowest BCUT2D eigenvalue weighted by Gasteiger charge is -2.08. The average Bonchev–Trinajstić information content (AvgIpc) is 2.35. The molecule has 1 N–H and O–H groups in total. The third-order valence-electron chi connectivity index (χ3n) is 2.64. The minimum absolute atomic E-state index is 0.0223. The molecular weight excluding hydrogens is 232 g/mol. The first kappa shape index (κ1) is 12.0. The molecule has 2 aromatic heterocycles. The zero-order valence-corrected chi connectivity index (χ0v) is 9.83. The fourth-order valence-corrected chi connectivity index (χ4v) is 1.72. The van der Waals surface area contributed by atoms with Crippen molar-refractivity contribution in [2.24, 2.45) is 0 Å². The van der Waals surface area contributed by atoms with Gasteiger partial charge in [0, 0.05) is 23.5 Å². The molecule has 0 saturated carbocycles. The van der Waals surface area contributed by atoms with Gasteiger partial charge in [0.25, 0.3) is 5.56 Å². The lowest BCUT2D eigenvalue weighted by Crippen LogP contribution is -2.22. The Labute approximate surface area is 103 Å². The molecule has 0 bridgehead atoms. The van der Waals surface area contributed by atoms with E-state index in [9.17, 15) is 9.59 Å². The molecule has 2 heterocycles. The second-order valence-corrected chi connectivity index (χ2v) is 3.94. The molecule has 0 aliphatic heterocycles. The number of pyridine rings is 2. The van der Waals surface area contributed by atoms with Crippen LogP contribution < -0.4 is 5.56 Å². The summed E-state index contributed by atoms with van der Waals surface area (Å²) in [5.41, 5.74) is 0.986. The highest BCUT2D eigenvalue weighted by molar-refractivity contribution is 5.86. The van der Waals surface area contributed by atoms with E-state index in [-0.39, 0.29) is 17.8 Å². The van der Waals surface area contributed by atoms with Crippen LogP contribution in [0.25, 0.3) is 0 Å². The van der Waals surface area contributed by atoms with E-state index in [2.05, 4.69) is 4.98 Å². The SMILES string of the molecule is Cc1cccn(Cc2cccnc2C(=O)O)c1=O. The summed E-state index contributed by atoms with van der Waals surface area (Å²) < 4.78 is 1.47. The van der Waals surface area contributed by atoms with Crippen molar-refractivity contribution in [3.63, 3.8) is 0 Å². The third kappa shape index (κ3) is 2.29. The Balaban J connectivity index is 2.44. The van der Waals surface area contributed by atoms with Crippen molar-refractivity contribution < 1.29 is 9.90 Å². The number of aromatic nitrogens is 2. The maximum atomic E-state index is 11.8. The first-order chi connectivity index (χ1) is 8.59. The molecule has 0 fully saturated rings. The van der Waals surface area contributed by atoms with Gasteiger partial charge in [-0.15, -0.1) is 0 Å². The van der Waals surface area contributed by atoms with Crippen molar-refractivity contribution in [1.82, 2.24) is 9.55 Å². The maximum Gasteiger partial charge on any atom is 0.354 e. The van der Waals surface area contributed by atoms with Gasteiger partial charge in [0.05, 0.1) is 6.54 Å². The first-order valence-corrected chi connectivity index (χ1v) is 5.43. The summed E-state index contributed by atoms with van der Waals surface area (Å²) in [5, 5.41) is 9.02. The zero-order chi connectivity index (χ0) is 13.1. The van der Waals surface area contributed by atoms with Crippen LogP contribution >= 0.6 is 0 Å². The van der Waals surface area contributed by atoms with Crippen LogP contribution in [-0.2, 0) is 6.54 Å². The van der Waals surface area contributed by atoms with Crippen LogP contribution in [0, 0.1) is 6.92 Å². The molecule has 0 aliphatic carbocycles. The van der Waals surface area contributed by atoms with Gasteiger partial charge in [-0.3, -0.25) is 4.79 Å². The Morgan fingerprint density at radius 2 is 2.17 bits per heavy atom. The molecule has 0 radical (unpaired) electrons. The Morgan fingerprint density at radius 1 is 1.39 bits per heavy atom. The molecule has 0 atom stereocenters. The molecule has 18 heavy (non-hydrogen) atoms. The summed E-state index contributed by atoms with van der Waals surface area (Å²) in [6.45, 7) is 1.93. The number of aromatic carboxylic acids is 1. The van der Waals surface area contributed by atoms with E-state index >= 15 is 0 Å². The quantitative estimate of drug-likeness (QED) is 0.883. The number of carboxylic acids is 1. The van der Waals surface area contributed by atoms with Crippen molar-refractivity contribution >= 4 is 5.97 Å². The lowest BCUT2D eigenvalue weighted by molar-refractivity contribution is 0.0689. The van der Waals surface area contributed by atoms with Crippen LogP contribution in [0.2, 0.25) is 0 Å².